The third kappa shape index (κ3) is 9.37. The zero-order valence-corrected chi connectivity index (χ0v) is 25.2. The lowest BCUT2D eigenvalue weighted by molar-refractivity contribution is 0.0520. The highest BCUT2D eigenvalue weighted by Crippen LogP contribution is 2.23. The Morgan fingerprint density at radius 1 is 0.881 bits per heavy atom. The molecule has 0 aliphatic rings. The number of rotatable bonds is 14. The number of aromatic nitrogens is 4. The summed E-state index contributed by atoms with van der Waals surface area (Å²) < 4.78 is 21.4. The molecule has 2 aromatic carbocycles. The van der Waals surface area contributed by atoms with Crippen LogP contribution in [0.4, 0.5) is 4.79 Å². The molecule has 42 heavy (non-hydrogen) atoms. The van der Waals surface area contributed by atoms with Crippen LogP contribution >= 0.6 is 0 Å². The first-order chi connectivity index (χ1) is 20.2. The van der Waals surface area contributed by atoms with Crippen molar-refractivity contribution in [2.24, 2.45) is 0 Å². The number of nitrogens with one attached hydrogen (secondary N) is 2. The van der Waals surface area contributed by atoms with Crippen LogP contribution in [0, 0.1) is 13.8 Å². The van der Waals surface area contributed by atoms with Gasteiger partial charge in [-0.15, -0.1) is 0 Å². The molecule has 10 nitrogen and oxygen atoms in total. The largest absolute Gasteiger partial charge is 0.492 e. The van der Waals surface area contributed by atoms with Gasteiger partial charge in [0.05, 0.1) is 24.9 Å². The van der Waals surface area contributed by atoms with Crippen LogP contribution in [-0.4, -0.2) is 57.1 Å². The summed E-state index contributed by atoms with van der Waals surface area (Å²) in [4.78, 5) is 20.5. The van der Waals surface area contributed by atoms with Crippen molar-refractivity contribution in [3.05, 3.63) is 95.6 Å². The lowest BCUT2D eigenvalue weighted by Gasteiger charge is -2.19. The van der Waals surface area contributed by atoms with Gasteiger partial charge in [-0.3, -0.25) is 0 Å². The number of alkyl carbamates (subject to hydrolysis) is 1. The van der Waals surface area contributed by atoms with Gasteiger partial charge < -0.3 is 34.0 Å². The van der Waals surface area contributed by atoms with Gasteiger partial charge in [-0.05, 0) is 69.0 Å². The van der Waals surface area contributed by atoms with E-state index in [1.54, 1.807) is 6.20 Å². The molecule has 224 valence electrons. The number of ether oxygens (including phenoxy) is 3. The molecule has 0 atom stereocenters. The smallest absolute Gasteiger partial charge is 0.407 e. The van der Waals surface area contributed by atoms with E-state index in [0.29, 0.717) is 39.4 Å². The Morgan fingerprint density at radius 2 is 1.52 bits per heavy atom. The van der Waals surface area contributed by atoms with Gasteiger partial charge in [0.2, 0.25) is 0 Å². The van der Waals surface area contributed by atoms with E-state index >= 15 is 0 Å². The second-order valence-corrected chi connectivity index (χ2v) is 11.2. The highest BCUT2D eigenvalue weighted by molar-refractivity contribution is 5.67. The average Bonchev–Trinajstić information content (AvgIpc) is 3.61. The van der Waals surface area contributed by atoms with E-state index in [4.69, 9.17) is 14.2 Å². The van der Waals surface area contributed by atoms with Crippen molar-refractivity contribution in [1.29, 1.82) is 0 Å². The predicted octanol–water partition coefficient (Wildman–Crippen LogP) is 4.87. The van der Waals surface area contributed by atoms with Crippen LogP contribution in [-0.2, 0) is 24.4 Å². The Labute approximate surface area is 248 Å². The van der Waals surface area contributed by atoms with Gasteiger partial charge in [0.25, 0.3) is 0 Å². The molecule has 2 N–H and O–H groups in total. The summed E-state index contributed by atoms with van der Waals surface area (Å²) in [6.45, 7) is 13.7. The van der Waals surface area contributed by atoms with Crippen molar-refractivity contribution in [2.45, 2.75) is 59.9 Å². The number of nitrogens with zero attached hydrogens (tertiary/aromatic N) is 4. The van der Waals surface area contributed by atoms with Crippen LogP contribution in [0.3, 0.4) is 0 Å². The third-order valence-electron chi connectivity index (χ3n) is 6.61. The molecule has 0 saturated carbocycles. The molecular formula is C32H42N6O4. The number of amides is 1. The third-order valence-corrected chi connectivity index (χ3v) is 6.61. The maximum Gasteiger partial charge on any atom is 0.407 e. The summed E-state index contributed by atoms with van der Waals surface area (Å²) in [6.07, 6.45) is 9.02. The number of carbonyl (C=O) groups excluding carboxylic acids is 1. The first-order valence-corrected chi connectivity index (χ1v) is 14.2. The monoisotopic (exact) mass is 574 g/mol. The molecule has 0 fully saturated rings. The summed E-state index contributed by atoms with van der Waals surface area (Å²) in [5.41, 5.74) is 5.00. The maximum absolute atomic E-state index is 11.8. The van der Waals surface area contributed by atoms with Gasteiger partial charge >= 0.3 is 6.09 Å². The van der Waals surface area contributed by atoms with Gasteiger partial charge in [-0.2, -0.15) is 0 Å². The van der Waals surface area contributed by atoms with E-state index in [1.807, 2.05) is 75.4 Å². The Kier molecular flexibility index (Phi) is 10.6. The van der Waals surface area contributed by atoms with Crippen LogP contribution in [0.2, 0.25) is 0 Å². The predicted molar refractivity (Wildman–Crippen MR) is 162 cm³/mol. The molecule has 2 heterocycles. The van der Waals surface area contributed by atoms with Gasteiger partial charge in [-0.1, -0.05) is 24.3 Å². The lowest BCUT2D eigenvalue weighted by Crippen LogP contribution is -2.34. The zero-order chi connectivity index (χ0) is 30.0. The molecule has 0 spiro atoms. The molecule has 0 bridgehead atoms. The van der Waals surface area contributed by atoms with E-state index in [-0.39, 0.29) is 0 Å². The molecule has 2 aromatic heterocycles. The van der Waals surface area contributed by atoms with Crippen molar-refractivity contribution in [3.8, 4) is 11.5 Å². The van der Waals surface area contributed by atoms with Crippen molar-refractivity contribution in [1.82, 2.24) is 29.7 Å². The van der Waals surface area contributed by atoms with Crippen LogP contribution in [0.1, 0.15) is 48.7 Å². The fourth-order valence-electron chi connectivity index (χ4n) is 4.41. The summed E-state index contributed by atoms with van der Waals surface area (Å²) in [5, 5.41) is 6.13. The summed E-state index contributed by atoms with van der Waals surface area (Å²) in [5.74, 6) is 1.70. The van der Waals surface area contributed by atoms with Crippen molar-refractivity contribution < 1.29 is 19.0 Å². The van der Waals surface area contributed by atoms with E-state index < -0.39 is 11.7 Å². The summed E-state index contributed by atoms with van der Waals surface area (Å²) in [7, 11) is 0. The standard InChI is InChI=1S/C32H42N6O4/c1-24-26(19-37-15-12-34-22-37)8-6-10-29(24)40-16-13-33-18-28-21-38(23-36-28)20-27-9-7-11-30(25(27)2)41-17-14-35-31(39)42-32(3,4)5/h6-12,15,21-23,33H,13-14,16-20H2,1-5H3,(H,35,39). The SMILES string of the molecule is Cc1c(Cn2ccnc2)cccc1OCCNCc1cn(Cc2cccc(OCCNC(=O)OC(C)(C)C)c2C)cn1. The Bertz CT molecular complexity index is 1430. The molecule has 4 aromatic rings. The Balaban J connectivity index is 1.18. The minimum absolute atomic E-state index is 0.352. The number of imidazole rings is 2. The number of hydrogen-bond donors (Lipinski definition) is 2. The summed E-state index contributed by atoms with van der Waals surface area (Å²) >= 11 is 0. The van der Waals surface area contributed by atoms with E-state index in [0.717, 1.165) is 40.4 Å². The van der Waals surface area contributed by atoms with E-state index in [1.165, 1.54) is 5.56 Å². The first kappa shape index (κ1) is 30.6. The number of carbonyl (C=O) groups is 1. The van der Waals surface area contributed by atoms with Crippen molar-refractivity contribution in [3.63, 3.8) is 0 Å². The van der Waals surface area contributed by atoms with Crippen molar-refractivity contribution in [2.75, 3.05) is 26.3 Å². The lowest BCUT2D eigenvalue weighted by atomic mass is 10.1. The molecule has 0 aliphatic heterocycles. The summed E-state index contributed by atoms with van der Waals surface area (Å²) in [6, 6.07) is 12.2. The van der Waals surface area contributed by atoms with Crippen LogP contribution in [0.25, 0.3) is 0 Å². The van der Waals surface area contributed by atoms with Gasteiger partial charge in [-0.25, -0.2) is 14.8 Å². The van der Waals surface area contributed by atoms with Gasteiger partial charge in [0, 0.05) is 44.8 Å². The number of benzene rings is 2. The topological polar surface area (TPSA) is 104 Å². The average molecular weight is 575 g/mol. The van der Waals surface area contributed by atoms with Crippen LogP contribution < -0.4 is 20.1 Å². The number of hydrogen-bond acceptors (Lipinski definition) is 7. The van der Waals surface area contributed by atoms with Gasteiger partial charge in [0.15, 0.2) is 0 Å². The fraction of sp³-hybridized carbons (Fsp3) is 0.406. The van der Waals surface area contributed by atoms with Crippen LogP contribution in [0.5, 0.6) is 11.5 Å². The normalized spacial score (nSPS) is 11.4. The Morgan fingerprint density at radius 3 is 2.14 bits per heavy atom. The molecule has 10 heteroatoms. The first-order valence-electron chi connectivity index (χ1n) is 14.2. The second-order valence-electron chi connectivity index (χ2n) is 11.2. The van der Waals surface area contributed by atoms with Crippen molar-refractivity contribution >= 4 is 6.09 Å². The molecule has 4 rings (SSSR count). The molecule has 0 unspecified atom stereocenters. The Hall–Kier alpha value is -4.31. The minimum atomic E-state index is -0.526. The highest BCUT2D eigenvalue weighted by Gasteiger charge is 2.15. The second kappa shape index (κ2) is 14.5. The molecule has 0 radical (unpaired) electrons. The highest BCUT2D eigenvalue weighted by atomic mass is 16.6. The van der Waals surface area contributed by atoms with Crippen LogP contribution in [0.15, 0.2) is 67.6 Å². The fourth-order valence-corrected chi connectivity index (χ4v) is 4.41. The molecule has 1 amide bonds. The molecular weight excluding hydrogens is 532 g/mol. The van der Waals surface area contributed by atoms with E-state index in [9.17, 15) is 4.79 Å². The molecule has 0 saturated heterocycles. The maximum atomic E-state index is 11.8. The zero-order valence-electron chi connectivity index (χ0n) is 25.2. The minimum Gasteiger partial charge on any atom is -0.492 e. The molecule has 0 aliphatic carbocycles. The van der Waals surface area contributed by atoms with Gasteiger partial charge in [0.1, 0.15) is 30.3 Å². The quantitative estimate of drug-likeness (QED) is 0.207. The van der Waals surface area contributed by atoms with E-state index in [2.05, 4.69) is 50.4 Å².